The third-order valence-corrected chi connectivity index (χ3v) is 9.84. The van der Waals surface area contributed by atoms with Crippen molar-refractivity contribution < 1.29 is 38.5 Å². The lowest BCUT2D eigenvalue weighted by Gasteiger charge is -2.38. The molecule has 44 heavy (non-hydrogen) atoms. The van der Waals surface area contributed by atoms with E-state index in [1.54, 1.807) is 34.6 Å². The van der Waals surface area contributed by atoms with Crippen LogP contribution in [0.4, 0.5) is 4.79 Å². The largest absolute Gasteiger partial charge is 0.464 e. The zero-order valence-electron chi connectivity index (χ0n) is 26.0. The number of hydrogen-bond donors (Lipinski definition) is 3. The van der Waals surface area contributed by atoms with Gasteiger partial charge in [-0.1, -0.05) is 36.4 Å². The van der Waals surface area contributed by atoms with E-state index in [0.717, 1.165) is 9.79 Å². The summed E-state index contributed by atoms with van der Waals surface area (Å²) >= 11 is 2.85. The Bertz CT molecular complexity index is 1230. The second-order valence-corrected chi connectivity index (χ2v) is 14.2. The Kier molecular flexibility index (Phi) is 12.2. The molecule has 3 N–H and O–H groups in total. The van der Waals surface area contributed by atoms with Gasteiger partial charge in [0.15, 0.2) is 0 Å². The number of alkyl carbamates (subject to hydrolysis) is 1. The average Bonchev–Trinajstić information content (AvgIpc) is 3.28. The Hall–Kier alpha value is -3.22. The molecule has 0 aliphatic heterocycles. The van der Waals surface area contributed by atoms with E-state index >= 15 is 0 Å². The number of rotatable bonds is 12. The highest BCUT2D eigenvalue weighted by atomic mass is 32.2. The van der Waals surface area contributed by atoms with Crippen LogP contribution in [0.15, 0.2) is 70.5 Å². The molecule has 0 bridgehead atoms. The standard InChI is InChI=1S/C32H42N2O8S2/c1-7-40-26(36)32(34-21(3)35,27(37)41-8-2)24-19-31(39,20-25(24)33-29(38)42-30(4,5)6)28(43-22-15-11-9-12-16-22)44-23-17-13-10-14-18-23/h9-18,24-25,28,39H,7-8,19-20H2,1-6H3,(H,33,38)(H,34,35). The van der Waals surface area contributed by atoms with Crippen LogP contribution in [0.25, 0.3) is 0 Å². The minimum atomic E-state index is -2.36. The summed E-state index contributed by atoms with van der Waals surface area (Å²) in [4.78, 5) is 55.0. The van der Waals surface area contributed by atoms with Gasteiger partial charge in [0.2, 0.25) is 11.4 Å². The highest BCUT2D eigenvalue weighted by Gasteiger charge is 2.65. The van der Waals surface area contributed by atoms with Gasteiger partial charge in [0.1, 0.15) is 5.60 Å². The van der Waals surface area contributed by atoms with Crippen molar-refractivity contribution in [1.29, 1.82) is 0 Å². The summed E-state index contributed by atoms with van der Waals surface area (Å²) in [7, 11) is 0. The predicted molar refractivity (Wildman–Crippen MR) is 169 cm³/mol. The molecule has 0 aromatic heterocycles. The van der Waals surface area contributed by atoms with Crippen molar-refractivity contribution in [2.24, 2.45) is 5.92 Å². The minimum Gasteiger partial charge on any atom is -0.464 e. The minimum absolute atomic E-state index is 0.0681. The number of nitrogens with one attached hydrogen (secondary N) is 2. The quantitative estimate of drug-likeness (QED) is 0.0956. The fourth-order valence-corrected chi connectivity index (χ4v) is 8.03. The zero-order valence-corrected chi connectivity index (χ0v) is 27.6. The van der Waals surface area contributed by atoms with E-state index in [1.165, 1.54) is 30.4 Å². The molecule has 2 aromatic carbocycles. The lowest BCUT2D eigenvalue weighted by atomic mass is 9.79. The number of thioether (sulfide) groups is 2. The number of carbonyl (C=O) groups is 4. The van der Waals surface area contributed by atoms with Crippen LogP contribution in [0.1, 0.15) is 54.4 Å². The Morgan fingerprint density at radius 3 is 1.77 bits per heavy atom. The van der Waals surface area contributed by atoms with Gasteiger partial charge in [0.25, 0.3) is 0 Å². The fraction of sp³-hybridized carbons (Fsp3) is 0.500. The van der Waals surface area contributed by atoms with Crippen LogP contribution in [-0.2, 0) is 28.6 Å². The van der Waals surface area contributed by atoms with Crippen molar-refractivity contribution in [1.82, 2.24) is 10.6 Å². The van der Waals surface area contributed by atoms with Crippen LogP contribution in [-0.4, -0.2) is 69.6 Å². The molecule has 3 atom stereocenters. The van der Waals surface area contributed by atoms with Crippen molar-refractivity contribution in [2.45, 2.75) is 91.5 Å². The van der Waals surface area contributed by atoms with Crippen LogP contribution in [0, 0.1) is 5.92 Å². The van der Waals surface area contributed by atoms with E-state index in [-0.39, 0.29) is 26.1 Å². The van der Waals surface area contributed by atoms with Crippen molar-refractivity contribution in [3.63, 3.8) is 0 Å². The number of benzene rings is 2. The average molecular weight is 647 g/mol. The van der Waals surface area contributed by atoms with E-state index in [9.17, 15) is 24.3 Å². The first-order chi connectivity index (χ1) is 20.7. The second kappa shape index (κ2) is 15.2. The summed E-state index contributed by atoms with van der Waals surface area (Å²) in [6.07, 6.45) is -1.04. The molecule has 3 rings (SSSR count). The van der Waals surface area contributed by atoms with Gasteiger partial charge in [0.05, 0.1) is 23.4 Å². The topological polar surface area (TPSA) is 140 Å². The first-order valence-electron chi connectivity index (χ1n) is 14.5. The molecule has 0 radical (unpaired) electrons. The second-order valence-electron chi connectivity index (χ2n) is 11.5. The molecule has 1 aliphatic carbocycles. The first kappa shape index (κ1) is 35.3. The molecule has 0 saturated heterocycles. The maximum atomic E-state index is 13.8. The molecule has 1 saturated carbocycles. The molecule has 2 aromatic rings. The summed E-state index contributed by atoms with van der Waals surface area (Å²) in [6, 6.07) is 18.1. The number of aliphatic hydroxyl groups is 1. The van der Waals surface area contributed by atoms with E-state index in [4.69, 9.17) is 14.2 Å². The lowest BCUT2D eigenvalue weighted by Crippen LogP contribution is -2.68. The normalized spacial score (nSPS) is 20.1. The number of amides is 2. The maximum absolute atomic E-state index is 13.8. The number of carbonyl (C=O) groups excluding carboxylic acids is 4. The lowest BCUT2D eigenvalue weighted by molar-refractivity contribution is -0.172. The van der Waals surface area contributed by atoms with Crippen LogP contribution in [0.2, 0.25) is 0 Å². The maximum Gasteiger partial charge on any atom is 0.407 e. The number of esters is 2. The third kappa shape index (κ3) is 8.92. The molecule has 0 heterocycles. The molecule has 0 spiro atoms. The summed E-state index contributed by atoms with van der Waals surface area (Å²) in [5, 5.41) is 17.8. The van der Waals surface area contributed by atoms with Gasteiger partial charge in [-0.15, -0.1) is 23.5 Å². The third-order valence-electron chi connectivity index (χ3n) is 6.87. The van der Waals surface area contributed by atoms with Gasteiger partial charge in [0, 0.05) is 28.7 Å². The van der Waals surface area contributed by atoms with Gasteiger partial charge in [-0.2, -0.15) is 0 Å². The highest BCUT2D eigenvalue weighted by Crippen LogP contribution is 2.52. The van der Waals surface area contributed by atoms with Crippen molar-refractivity contribution in [2.75, 3.05) is 13.2 Å². The summed E-state index contributed by atoms with van der Waals surface area (Å²) in [5.74, 6) is -3.94. The first-order valence-corrected chi connectivity index (χ1v) is 16.3. The Morgan fingerprint density at radius 2 is 1.36 bits per heavy atom. The summed E-state index contributed by atoms with van der Waals surface area (Å²) in [5.41, 5.74) is -4.78. The Morgan fingerprint density at radius 1 is 0.886 bits per heavy atom. The molecule has 12 heteroatoms. The van der Waals surface area contributed by atoms with E-state index in [0.29, 0.717) is 0 Å². The smallest absolute Gasteiger partial charge is 0.407 e. The van der Waals surface area contributed by atoms with E-state index in [1.807, 2.05) is 60.7 Å². The van der Waals surface area contributed by atoms with Crippen LogP contribution in [0.3, 0.4) is 0 Å². The molecule has 2 amide bonds. The summed E-state index contributed by atoms with van der Waals surface area (Å²) < 4.78 is 15.6. The van der Waals surface area contributed by atoms with E-state index in [2.05, 4.69) is 10.6 Å². The molecule has 1 fully saturated rings. The Balaban J connectivity index is 2.17. The number of hydrogen-bond acceptors (Lipinski definition) is 10. The van der Waals surface area contributed by atoms with Gasteiger partial charge in [-0.3, -0.25) is 4.79 Å². The van der Waals surface area contributed by atoms with E-state index < -0.39 is 57.2 Å². The SMILES string of the molecule is CCOC(=O)C(NC(C)=O)(C(=O)OCC)C1CC(O)(C(Sc2ccccc2)Sc2ccccc2)CC1NC(=O)OC(C)(C)C. The van der Waals surface area contributed by atoms with Gasteiger partial charge >= 0.3 is 18.0 Å². The molecule has 1 aliphatic rings. The van der Waals surface area contributed by atoms with Crippen LogP contribution < -0.4 is 10.6 Å². The van der Waals surface area contributed by atoms with Crippen LogP contribution >= 0.6 is 23.5 Å². The molecule has 10 nitrogen and oxygen atoms in total. The number of ether oxygens (including phenoxy) is 3. The van der Waals surface area contributed by atoms with Crippen molar-refractivity contribution >= 4 is 47.5 Å². The highest BCUT2D eigenvalue weighted by molar-refractivity contribution is 8.17. The molecule has 3 unspecified atom stereocenters. The molecular weight excluding hydrogens is 604 g/mol. The fourth-order valence-electron chi connectivity index (χ4n) is 5.22. The van der Waals surface area contributed by atoms with Crippen molar-refractivity contribution in [3.05, 3.63) is 60.7 Å². The molecular formula is C32H42N2O8S2. The van der Waals surface area contributed by atoms with Gasteiger partial charge in [-0.25, -0.2) is 14.4 Å². The molecule has 240 valence electrons. The van der Waals surface area contributed by atoms with Crippen LogP contribution in [0.5, 0.6) is 0 Å². The zero-order chi connectivity index (χ0) is 32.5. The van der Waals surface area contributed by atoms with Crippen molar-refractivity contribution in [3.8, 4) is 0 Å². The Labute approximate surface area is 267 Å². The van der Waals surface area contributed by atoms with Gasteiger partial charge in [-0.05, 0) is 71.7 Å². The monoisotopic (exact) mass is 646 g/mol. The summed E-state index contributed by atoms with van der Waals surface area (Å²) in [6.45, 7) is 9.26. The van der Waals surface area contributed by atoms with Gasteiger partial charge < -0.3 is 30.0 Å². The predicted octanol–water partition coefficient (Wildman–Crippen LogP) is 4.93.